The van der Waals surface area contributed by atoms with Gasteiger partial charge in [0.1, 0.15) is 5.60 Å². The monoisotopic (exact) mass is 721 g/mol. The normalized spacial score (nSPS) is 37.2. The van der Waals surface area contributed by atoms with E-state index in [1.165, 1.54) is 12.8 Å². The lowest BCUT2D eigenvalue weighted by molar-refractivity contribution is -0.182. The summed E-state index contributed by atoms with van der Waals surface area (Å²) in [5, 5.41) is 52.0. The maximum atomic E-state index is 13.8. The van der Waals surface area contributed by atoms with Crippen molar-refractivity contribution in [2.24, 2.45) is 11.7 Å². The number of carbonyl (C=O) groups excluding carboxylic acids is 2. The largest absolute Gasteiger partial charge is 0.504 e. The van der Waals surface area contributed by atoms with Crippen LogP contribution in [0.2, 0.25) is 0 Å². The number of phenols is 2. The van der Waals surface area contributed by atoms with E-state index in [9.17, 15) is 30.0 Å². The van der Waals surface area contributed by atoms with Gasteiger partial charge in [0.25, 0.3) is 0 Å². The minimum Gasteiger partial charge on any atom is -0.504 e. The SMILES string of the molecule is NCC(=O)NCC(=O)N1CC[C@]23c4c5ccc(O)c4O[C@H]2c2[nH]c4c(c2C[C@@]3(O)[C@@H]1C5)C[C@@]1(O)[C@H]2Cc3ccc(O)c5c3[C@@]1(CCN2CC1CC1)[C@H]4O5. The van der Waals surface area contributed by atoms with Crippen LogP contribution in [0.3, 0.4) is 0 Å². The minimum absolute atomic E-state index is 0.00977. The molecule has 276 valence electrons. The molecule has 8 N–H and O–H groups in total. The number of amides is 2. The molecule has 3 aromatic rings. The van der Waals surface area contributed by atoms with Gasteiger partial charge in [-0.2, -0.15) is 0 Å². The van der Waals surface area contributed by atoms with E-state index in [0.717, 1.165) is 57.9 Å². The first kappa shape index (κ1) is 31.1. The van der Waals surface area contributed by atoms with Crippen molar-refractivity contribution in [1.82, 2.24) is 20.1 Å². The molecule has 9 aliphatic rings. The van der Waals surface area contributed by atoms with Crippen molar-refractivity contribution in [2.75, 3.05) is 32.7 Å². The second-order valence-electron chi connectivity index (χ2n) is 17.4. The molecule has 5 aliphatic carbocycles. The zero-order chi connectivity index (χ0) is 36.0. The molecule has 2 aromatic carbocycles. The summed E-state index contributed by atoms with van der Waals surface area (Å²) in [7, 11) is 0. The number of nitrogens with two attached hydrogens (primary N) is 1. The Morgan fingerprint density at radius 2 is 1.42 bits per heavy atom. The van der Waals surface area contributed by atoms with Crippen molar-refractivity contribution < 1.29 is 39.5 Å². The summed E-state index contributed by atoms with van der Waals surface area (Å²) in [5.74, 6) is 0.830. The lowest BCUT2D eigenvalue weighted by atomic mass is 9.47. The first-order chi connectivity index (χ1) is 25.5. The quantitative estimate of drug-likeness (QED) is 0.200. The first-order valence-corrected chi connectivity index (χ1v) is 19.3. The number of fused-ring (bicyclic) bond motifs is 5. The van der Waals surface area contributed by atoms with E-state index >= 15 is 0 Å². The molecule has 0 unspecified atom stereocenters. The smallest absolute Gasteiger partial charge is 0.242 e. The topological polar surface area (TPSA) is 194 Å². The highest BCUT2D eigenvalue weighted by Gasteiger charge is 2.76. The van der Waals surface area contributed by atoms with Gasteiger partial charge in [0, 0.05) is 43.1 Å². The van der Waals surface area contributed by atoms with Crippen LogP contribution in [-0.4, -0.2) is 103 Å². The van der Waals surface area contributed by atoms with Crippen LogP contribution in [0.4, 0.5) is 0 Å². The standard InChI is InChI=1S/C40H43N5O8/c41-15-27(48)42-16-28(49)45-10-8-38-30-20-4-6-24(47)34(30)53-36(38)32-22(14-40(38,51)26(45)12-20)21-13-39(50)25-11-19-3-5-23(46)33-29(19)37(39,35(52-33)31(21)43-32)7-9-44(25)17-18-1-2-18/h3-6,18,25-26,35-36,43,46-47,50-51H,1-2,7-17,41H2,(H,42,48)/t25-,26+,35+,36+,37+,38+,39-,40-/m1/s1. The van der Waals surface area contributed by atoms with Crippen molar-refractivity contribution in [1.29, 1.82) is 0 Å². The van der Waals surface area contributed by atoms with Gasteiger partial charge < -0.3 is 50.8 Å². The number of nitrogens with one attached hydrogen (secondary N) is 2. The maximum absolute atomic E-state index is 13.8. The van der Waals surface area contributed by atoms with Crippen molar-refractivity contribution >= 4 is 11.8 Å². The van der Waals surface area contributed by atoms with Gasteiger partial charge in [0.15, 0.2) is 35.2 Å². The van der Waals surface area contributed by atoms with Gasteiger partial charge in [-0.05, 0) is 85.4 Å². The molecule has 3 fully saturated rings. The summed E-state index contributed by atoms with van der Waals surface area (Å²) in [6.45, 7) is 1.66. The molecule has 5 heterocycles. The van der Waals surface area contributed by atoms with E-state index in [0.29, 0.717) is 56.1 Å². The highest BCUT2D eigenvalue weighted by molar-refractivity contribution is 5.86. The molecule has 0 radical (unpaired) electrons. The molecule has 13 heteroatoms. The molecule has 53 heavy (non-hydrogen) atoms. The Labute approximate surface area is 305 Å². The number of aromatic amines is 1. The third-order valence-electron chi connectivity index (χ3n) is 15.4. The first-order valence-electron chi connectivity index (χ1n) is 19.3. The molecule has 8 atom stereocenters. The van der Waals surface area contributed by atoms with E-state index < -0.39 is 46.2 Å². The molecule has 12 rings (SSSR count). The van der Waals surface area contributed by atoms with Crippen LogP contribution < -0.4 is 20.5 Å². The third-order valence-corrected chi connectivity index (χ3v) is 15.4. The van der Waals surface area contributed by atoms with Crippen molar-refractivity contribution in [3.8, 4) is 23.0 Å². The number of ether oxygens (including phenoxy) is 2. The molecule has 2 saturated heterocycles. The minimum atomic E-state index is -1.50. The average Bonchev–Trinajstić information content (AvgIpc) is 3.64. The molecule has 4 bridgehead atoms. The van der Waals surface area contributed by atoms with E-state index in [-0.39, 0.29) is 43.0 Å². The molecule has 4 aliphatic heterocycles. The van der Waals surface area contributed by atoms with Crippen LogP contribution in [0, 0.1) is 5.92 Å². The van der Waals surface area contributed by atoms with Gasteiger partial charge >= 0.3 is 0 Å². The summed E-state index contributed by atoms with van der Waals surface area (Å²) in [6.07, 6.45) is 3.73. The number of hydrogen-bond acceptors (Lipinski definition) is 10. The zero-order valence-corrected chi connectivity index (χ0v) is 29.3. The Balaban J connectivity index is 1.04. The van der Waals surface area contributed by atoms with Crippen LogP contribution in [0.15, 0.2) is 24.3 Å². The number of likely N-dealkylation sites (tertiary alicyclic amines) is 2. The fraction of sp³-hybridized carbons (Fsp3) is 0.550. The Kier molecular flexibility index (Phi) is 5.67. The second-order valence-corrected chi connectivity index (χ2v) is 17.4. The predicted octanol–water partition coefficient (Wildman–Crippen LogP) is 1.02. The molecular weight excluding hydrogens is 678 g/mol. The number of hydrogen-bond donors (Lipinski definition) is 7. The van der Waals surface area contributed by atoms with E-state index in [4.69, 9.17) is 15.2 Å². The fourth-order valence-corrected chi connectivity index (χ4v) is 13.1. The molecular formula is C40H43N5O8. The number of H-pyrrole nitrogens is 1. The van der Waals surface area contributed by atoms with Gasteiger partial charge in [-0.15, -0.1) is 0 Å². The molecule has 2 spiro atoms. The number of nitrogens with zero attached hydrogens (tertiary/aromatic N) is 2. The van der Waals surface area contributed by atoms with E-state index in [2.05, 4.69) is 15.2 Å². The van der Waals surface area contributed by atoms with Gasteiger partial charge in [0.2, 0.25) is 11.8 Å². The molecule has 2 amide bonds. The highest BCUT2D eigenvalue weighted by Crippen LogP contribution is 2.72. The Morgan fingerprint density at radius 3 is 2.00 bits per heavy atom. The zero-order valence-electron chi connectivity index (χ0n) is 29.3. The lowest BCUT2D eigenvalue weighted by Crippen LogP contribution is -2.75. The summed E-state index contributed by atoms with van der Waals surface area (Å²) in [5.41, 5.74) is 8.23. The third kappa shape index (κ3) is 3.38. The van der Waals surface area contributed by atoms with Gasteiger partial charge in [-0.3, -0.25) is 14.5 Å². The van der Waals surface area contributed by atoms with Gasteiger partial charge in [0.05, 0.1) is 47.0 Å². The van der Waals surface area contributed by atoms with Crippen molar-refractivity contribution in [3.05, 3.63) is 69.0 Å². The summed E-state index contributed by atoms with van der Waals surface area (Å²) in [4.78, 5) is 33.9. The predicted molar refractivity (Wildman–Crippen MR) is 187 cm³/mol. The van der Waals surface area contributed by atoms with Crippen LogP contribution in [-0.2, 0) is 46.1 Å². The number of aromatic hydroxyl groups is 2. The van der Waals surface area contributed by atoms with Crippen molar-refractivity contribution in [3.63, 3.8) is 0 Å². The Bertz CT molecular complexity index is 2220. The summed E-state index contributed by atoms with van der Waals surface area (Å²) < 4.78 is 13.7. The Hall–Kier alpha value is -4.30. The fourth-order valence-electron chi connectivity index (χ4n) is 13.1. The van der Waals surface area contributed by atoms with Crippen LogP contribution in [0.5, 0.6) is 23.0 Å². The molecule has 1 aromatic heterocycles. The van der Waals surface area contributed by atoms with Crippen LogP contribution in [0.25, 0.3) is 0 Å². The van der Waals surface area contributed by atoms with Crippen LogP contribution in [0.1, 0.15) is 82.7 Å². The molecule has 13 nitrogen and oxygen atoms in total. The van der Waals surface area contributed by atoms with Crippen molar-refractivity contribution in [2.45, 2.75) is 97.7 Å². The number of piperidine rings is 2. The second kappa shape index (κ2) is 9.67. The van der Waals surface area contributed by atoms with E-state index in [1.807, 2.05) is 12.1 Å². The number of benzene rings is 2. The number of carbonyl (C=O) groups is 2. The lowest BCUT2D eigenvalue weighted by Gasteiger charge is -2.63. The summed E-state index contributed by atoms with van der Waals surface area (Å²) in [6, 6.07) is 6.42. The number of rotatable bonds is 5. The van der Waals surface area contributed by atoms with Gasteiger partial charge in [-0.1, -0.05) is 12.1 Å². The highest BCUT2D eigenvalue weighted by atomic mass is 16.5. The van der Waals surface area contributed by atoms with E-state index in [1.54, 1.807) is 17.0 Å². The number of phenolic OH excluding ortho intramolecular Hbond substituents is 2. The maximum Gasteiger partial charge on any atom is 0.242 e. The molecule has 1 saturated carbocycles. The Morgan fingerprint density at radius 1 is 0.849 bits per heavy atom. The van der Waals surface area contributed by atoms with Crippen LogP contribution >= 0.6 is 0 Å². The number of aromatic nitrogens is 1. The summed E-state index contributed by atoms with van der Waals surface area (Å²) >= 11 is 0. The van der Waals surface area contributed by atoms with Gasteiger partial charge in [-0.25, -0.2) is 0 Å². The number of aliphatic hydroxyl groups is 2. The average molecular weight is 722 g/mol.